The number of amides is 1. The summed E-state index contributed by atoms with van der Waals surface area (Å²) in [5.41, 5.74) is 2.58. The molecule has 1 N–H and O–H groups in total. The lowest BCUT2D eigenvalue weighted by Gasteiger charge is -2.06. The molecule has 22 heavy (non-hydrogen) atoms. The number of carbonyl (C=O) groups is 1. The molecule has 0 saturated heterocycles. The van der Waals surface area contributed by atoms with Gasteiger partial charge in [-0.15, -0.1) is 0 Å². The Morgan fingerprint density at radius 3 is 2.73 bits per heavy atom. The highest BCUT2D eigenvalue weighted by Crippen LogP contribution is 2.10. The molecule has 2 aromatic carbocycles. The lowest BCUT2D eigenvalue weighted by atomic mass is 10.1. The van der Waals surface area contributed by atoms with Gasteiger partial charge in [-0.1, -0.05) is 41.0 Å². The second-order valence-corrected chi connectivity index (χ2v) is 5.11. The third kappa shape index (κ3) is 4.90. The summed E-state index contributed by atoms with van der Waals surface area (Å²) in [5.74, 6) is -0.0998. The SMILES string of the molecule is CO/N=C/c1ccc(C(=O)NCCc2cccc(Cl)c2)cc1. The van der Waals surface area contributed by atoms with E-state index in [0.717, 1.165) is 17.5 Å². The van der Waals surface area contributed by atoms with Crippen LogP contribution in [0.5, 0.6) is 0 Å². The second kappa shape index (κ2) is 8.20. The van der Waals surface area contributed by atoms with E-state index in [0.29, 0.717) is 17.1 Å². The van der Waals surface area contributed by atoms with E-state index in [1.807, 2.05) is 36.4 Å². The Hall–Kier alpha value is -2.33. The number of nitrogens with one attached hydrogen (secondary N) is 1. The average Bonchev–Trinajstić information content (AvgIpc) is 2.53. The molecule has 4 nitrogen and oxygen atoms in total. The Balaban J connectivity index is 1.85. The molecule has 1 amide bonds. The Morgan fingerprint density at radius 2 is 2.05 bits per heavy atom. The number of nitrogens with zero attached hydrogens (tertiary/aromatic N) is 1. The predicted octanol–water partition coefficient (Wildman–Crippen LogP) is 3.29. The Morgan fingerprint density at radius 1 is 1.27 bits per heavy atom. The number of oxime groups is 1. The molecule has 5 heteroatoms. The highest BCUT2D eigenvalue weighted by atomic mass is 35.5. The van der Waals surface area contributed by atoms with E-state index in [1.54, 1.807) is 18.3 Å². The van der Waals surface area contributed by atoms with Crippen molar-refractivity contribution in [3.05, 3.63) is 70.2 Å². The Labute approximate surface area is 134 Å². The fraction of sp³-hybridized carbons (Fsp3) is 0.176. The molecule has 0 aliphatic heterocycles. The maximum absolute atomic E-state index is 12.0. The van der Waals surface area contributed by atoms with Crippen molar-refractivity contribution in [3.63, 3.8) is 0 Å². The number of hydrogen-bond acceptors (Lipinski definition) is 3. The maximum atomic E-state index is 12.0. The first-order valence-corrected chi connectivity index (χ1v) is 7.26. The largest absolute Gasteiger partial charge is 0.399 e. The summed E-state index contributed by atoms with van der Waals surface area (Å²) in [6, 6.07) is 14.8. The molecule has 0 spiro atoms. The summed E-state index contributed by atoms with van der Waals surface area (Å²) in [4.78, 5) is 16.6. The van der Waals surface area contributed by atoms with Gasteiger partial charge in [0.1, 0.15) is 7.11 Å². The smallest absolute Gasteiger partial charge is 0.251 e. The fourth-order valence-corrected chi connectivity index (χ4v) is 2.16. The Bertz CT molecular complexity index is 654. The van der Waals surface area contributed by atoms with Gasteiger partial charge in [-0.3, -0.25) is 4.79 Å². The summed E-state index contributed by atoms with van der Waals surface area (Å²) in [6.45, 7) is 0.562. The molecule has 0 unspecified atom stereocenters. The van der Waals surface area contributed by atoms with Crippen LogP contribution < -0.4 is 5.32 Å². The van der Waals surface area contributed by atoms with Gasteiger partial charge in [0.05, 0.1) is 6.21 Å². The molecule has 0 bridgehead atoms. The zero-order chi connectivity index (χ0) is 15.8. The number of rotatable bonds is 6. The van der Waals surface area contributed by atoms with Crippen LogP contribution in [0.2, 0.25) is 5.02 Å². The Kier molecular flexibility index (Phi) is 5.98. The highest BCUT2D eigenvalue weighted by molar-refractivity contribution is 6.30. The predicted molar refractivity (Wildman–Crippen MR) is 88.5 cm³/mol. The monoisotopic (exact) mass is 316 g/mol. The van der Waals surface area contributed by atoms with Gasteiger partial charge in [0.15, 0.2) is 0 Å². The van der Waals surface area contributed by atoms with Crippen molar-refractivity contribution in [2.75, 3.05) is 13.7 Å². The second-order valence-electron chi connectivity index (χ2n) is 4.67. The molecule has 0 aromatic heterocycles. The standard InChI is InChI=1S/C17H17ClN2O2/c1-22-20-12-14-5-7-15(8-6-14)17(21)19-10-9-13-3-2-4-16(18)11-13/h2-8,11-12H,9-10H2,1H3,(H,19,21)/b20-12+. The van der Waals surface area contributed by atoms with E-state index >= 15 is 0 Å². The maximum Gasteiger partial charge on any atom is 0.251 e. The molecule has 2 aromatic rings. The van der Waals surface area contributed by atoms with Crippen LogP contribution in [-0.2, 0) is 11.3 Å². The van der Waals surface area contributed by atoms with E-state index < -0.39 is 0 Å². The zero-order valence-electron chi connectivity index (χ0n) is 12.3. The van der Waals surface area contributed by atoms with Crippen molar-refractivity contribution in [1.82, 2.24) is 5.32 Å². The molecule has 0 radical (unpaired) electrons. The van der Waals surface area contributed by atoms with Crippen LogP contribution in [0.3, 0.4) is 0 Å². The summed E-state index contributed by atoms with van der Waals surface area (Å²) in [6.07, 6.45) is 2.33. The van der Waals surface area contributed by atoms with Gasteiger partial charge in [-0.05, 0) is 41.8 Å². The minimum Gasteiger partial charge on any atom is -0.399 e. The first-order chi connectivity index (χ1) is 10.7. The molecule has 0 saturated carbocycles. The van der Waals surface area contributed by atoms with E-state index in [4.69, 9.17) is 11.6 Å². The van der Waals surface area contributed by atoms with E-state index in [1.165, 1.54) is 7.11 Å². The first kappa shape index (κ1) is 16.0. The molecule has 114 valence electrons. The van der Waals surface area contributed by atoms with E-state index in [9.17, 15) is 4.79 Å². The van der Waals surface area contributed by atoms with Gasteiger partial charge in [-0.25, -0.2) is 0 Å². The van der Waals surface area contributed by atoms with Crippen molar-refractivity contribution in [1.29, 1.82) is 0 Å². The van der Waals surface area contributed by atoms with Crippen LogP contribution in [0.1, 0.15) is 21.5 Å². The summed E-state index contributed by atoms with van der Waals surface area (Å²) < 4.78 is 0. The normalized spacial score (nSPS) is 10.6. The highest BCUT2D eigenvalue weighted by Gasteiger charge is 2.04. The van der Waals surface area contributed by atoms with Crippen molar-refractivity contribution in [2.45, 2.75) is 6.42 Å². The minimum atomic E-state index is -0.0998. The fourth-order valence-electron chi connectivity index (χ4n) is 1.95. The number of carbonyl (C=O) groups excluding carboxylic acids is 1. The van der Waals surface area contributed by atoms with Gasteiger partial charge in [0.25, 0.3) is 5.91 Å². The third-order valence-corrected chi connectivity index (χ3v) is 3.30. The molecule has 2 rings (SSSR count). The van der Waals surface area contributed by atoms with Crippen LogP contribution in [0.15, 0.2) is 53.7 Å². The van der Waals surface area contributed by atoms with Gasteiger partial charge in [0.2, 0.25) is 0 Å². The van der Waals surface area contributed by atoms with E-state index in [-0.39, 0.29) is 5.91 Å². The topological polar surface area (TPSA) is 50.7 Å². The molecule has 0 fully saturated rings. The van der Waals surface area contributed by atoms with Crippen LogP contribution in [-0.4, -0.2) is 25.8 Å². The van der Waals surface area contributed by atoms with Gasteiger partial charge >= 0.3 is 0 Å². The first-order valence-electron chi connectivity index (χ1n) is 6.88. The van der Waals surface area contributed by atoms with E-state index in [2.05, 4.69) is 15.3 Å². The summed E-state index contributed by atoms with van der Waals surface area (Å²) >= 11 is 5.93. The lowest BCUT2D eigenvalue weighted by molar-refractivity contribution is 0.0954. The molecular weight excluding hydrogens is 300 g/mol. The lowest BCUT2D eigenvalue weighted by Crippen LogP contribution is -2.25. The number of halogens is 1. The molecule has 0 aliphatic rings. The van der Waals surface area contributed by atoms with Gasteiger partial charge in [0, 0.05) is 17.1 Å². The average molecular weight is 317 g/mol. The molecule has 0 atom stereocenters. The third-order valence-electron chi connectivity index (χ3n) is 3.07. The van der Waals surface area contributed by atoms with Crippen molar-refractivity contribution in [3.8, 4) is 0 Å². The van der Waals surface area contributed by atoms with Gasteiger partial charge < -0.3 is 10.2 Å². The molecular formula is C17H17ClN2O2. The van der Waals surface area contributed by atoms with Crippen LogP contribution in [0.25, 0.3) is 0 Å². The quantitative estimate of drug-likeness (QED) is 0.656. The summed E-state index contributed by atoms with van der Waals surface area (Å²) in [5, 5.41) is 7.27. The molecule has 0 heterocycles. The summed E-state index contributed by atoms with van der Waals surface area (Å²) in [7, 11) is 1.48. The molecule has 0 aliphatic carbocycles. The number of benzene rings is 2. The minimum absolute atomic E-state index is 0.0998. The van der Waals surface area contributed by atoms with Crippen LogP contribution in [0, 0.1) is 0 Å². The van der Waals surface area contributed by atoms with Crippen LogP contribution in [0.4, 0.5) is 0 Å². The van der Waals surface area contributed by atoms with Crippen molar-refractivity contribution < 1.29 is 9.63 Å². The van der Waals surface area contributed by atoms with Crippen LogP contribution >= 0.6 is 11.6 Å². The van der Waals surface area contributed by atoms with Crippen molar-refractivity contribution >= 4 is 23.7 Å². The van der Waals surface area contributed by atoms with Gasteiger partial charge in [-0.2, -0.15) is 0 Å². The zero-order valence-corrected chi connectivity index (χ0v) is 13.0. The number of hydrogen-bond donors (Lipinski definition) is 1. The van der Waals surface area contributed by atoms with Crippen molar-refractivity contribution in [2.24, 2.45) is 5.16 Å².